The van der Waals surface area contributed by atoms with E-state index in [1.165, 1.54) is 24.0 Å². The summed E-state index contributed by atoms with van der Waals surface area (Å²) < 4.78 is 5.89. The summed E-state index contributed by atoms with van der Waals surface area (Å²) in [5.74, 6) is 0. The van der Waals surface area contributed by atoms with Gasteiger partial charge in [-0.1, -0.05) is 50.5 Å². The van der Waals surface area contributed by atoms with E-state index in [0.717, 1.165) is 25.9 Å². The summed E-state index contributed by atoms with van der Waals surface area (Å²) >= 11 is 0. The zero-order valence-electron chi connectivity index (χ0n) is 12.2. The maximum atomic E-state index is 10.5. The lowest BCUT2D eigenvalue weighted by Crippen LogP contribution is -2.30. The highest BCUT2D eigenvalue weighted by atomic mass is 16.5. The fraction of sp³-hybridized carbons (Fsp3) is 0.647. The van der Waals surface area contributed by atoms with Gasteiger partial charge in [-0.3, -0.25) is 0 Å². The second kappa shape index (κ2) is 6.53. The Kier molecular flexibility index (Phi) is 5.00. The van der Waals surface area contributed by atoms with Crippen molar-refractivity contribution < 1.29 is 9.84 Å². The number of hydrogen-bond donors (Lipinski definition) is 1. The SMILES string of the molecule is CCCCCC(C)(O)CC1OCCc2ccccc21. The number of unbranched alkanes of at least 4 members (excludes halogenated alkanes) is 2. The molecule has 0 aromatic heterocycles. The predicted molar refractivity (Wildman–Crippen MR) is 78.2 cm³/mol. The summed E-state index contributed by atoms with van der Waals surface area (Å²) in [5.41, 5.74) is 2.03. The van der Waals surface area contributed by atoms with E-state index in [1.54, 1.807) is 0 Å². The van der Waals surface area contributed by atoms with Gasteiger partial charge in [-0.25, -0.2) is 0 Å². The van der Waals surface area contributed by atoms with E-state index in [-0.39, 0.29) is 6.10 Å². The minimum atomic E-state index is -0.621. The zero-order chi connectivity index (χ0) is 13.7. The number of aliphatic hydroxyl groups is 1. The summed E-state index contributed by atoms with van der Waals surface area (Å²) in [6.45, 7) is 4.91. The second-order valence-electron chi connectivity index (χ2n) is 5.97. The van der Waals surface area contributed by atoms with Gasteiger partial charge in [-0.15, -0.1) is 0 Å². The summed E-state index contributed by atoms with van der Waals surface area (Å²) in [5, 5.41) is 10.5. The quantitative estimate of drug-likeness (QED) is 0.785. The molecule has 0 saturated heterocycles. The van der Waals surface area contributed by atoms with E-state index in [1.807, 2.05) is 6.92 Å². The van der Waals surface area contributed by atoms with Gasteiger partial charge in [0.25, 0.3) is 0 Å². The lowest BCUT2D eigenvalue weighted by molar-refractivity contribution is -0.0415. The van der Waals surface area contributed by atoms with Crippen molar-refractivity contribution in [3.63, 3.8) is 0 Å². The lowest BCUT2D eigenvalue weighted by Gasteiger charge is -2.32. The maximum absolute atomic E-state index is 10.5. The highest BCUT2D eigenvalue weighted by molar-refractivity contribution is 5.31. The van der Waals surface area contributed by atoms with Gasteiger partial charge < -0.3 is 9.84 Å². The van der Waals surface area contributed by atoms with Crippen molar-refractivity contribution in [1.82, 2.24) is 0 Å². The summed E-state index contributed by atoms with van der Waals surface area (Å²) in [6, 6.07) is 8.46. The second-order valence-corrected chi connectivity index (χ2v) is 5.97. The largest absolute Gasteiger partial charge is 0.390 e. The van der Waals surface area contributed by atoms with Gasteiger partial charge in [0.2, 0.25) is 0 Å². The van der Waals surface area contributed by atoms with Crippen LogP contribution in [0.2, 0.25) is 0 Å². The molecular formula is C17H26O2. The first-order chi connectivity index (χ1) is 9.12. The Hall–Kier alpha value is -0.860. The number of rotatable bonds is 6. The van der Waals surface area contributed by atoms with Crippen LogP contribution in [0.3, 0.4) is 0 Å². The molecule has 1 aliphatic heterocycles. The van der Waals surface area contributed by atoms with Crippen LogP contribution in [0.4, 0.5) is 0 Å². The molecule has 0 saturated carbocycles. The zero-order valence-corrected chi connectivity index (χ0v) is 12.2. The average Bonchev–Trinajstić information content (AvgIpc) is 2.39. The predicted octanol–water partition coefficient (Wildman–Crippen LogP) is 4.02. The van der Waals surface area contributed by atoms with E-state index in [4.69, 9.17) is 4.74 Å². The van der Waals surface area contributed by atoms with Crippen molar-refractivity contribution in [2.75, 3.05) is 6.61 Å². The van der Waals surface area contributed by atoms with E-state index in [2.05, 4.69) is 31.2 Å². The molecule has 1 aromatic rings. The molecule has 1 aliphatic rings. The number of hydrogen-bond acceptors (Lipinski definition) is 2. The third-order valence-corrected chi connectivity index (χ3v) is 4.04. The molecule has 2 nitrogen and oxygen atoms in total. The smallest absolute Gasteiger partial charge is 0.0855 e. The molecule has 2 heteroatoms. The Morgan fingerprint density at radius 3 is 2.89 bits per heavy atom. The van der Waals surface area contributed by atoms with E-state index >= 15 is 0 Å². The van der Waals surface area contributed by atoms with Crippen molar-refractivity contribution in [1.29, 1.82) is 0 Å². The van der Waals surface area contributed by atoms with Crippen LogP contribution in [0, 0.1) is 0 Å². The van der Waals surface area contributed by atoms with Crippen LogP contribution < -0.4 is 0 Å². The summed E-state index contributed by atoms with van der Waals surface area (Å²) in [7, 11) is 0. The van der Waals surface area contributed by atoms with Gasteiger partial charge in [0.15, 0.2) is 0 Å². The Morgan fingerprint density at radius 1 is 1.32 bits per heavy atom. The maximum Gasteiger partial charge on any atom is 0.0855 e. The van der Waals surface area contributed by atoms with Gasteiger partial charge in [-0.2, -0.15) is 0 Å². The Labute approximate surface area is 116 Å². The fourth-order valence-electron chi connectivity index (χ4n) is 2.90. The highest BCUT2D eigenvalue weighted by Crippen LogP contribution is 2.34. The molecular weight excluding hydrogens is 236 g/mol. The molecule has 0 spiro atoms. The van der Waals surface area contributed by atoms with Crippen molar-refractivity contribution >= 4 is 0 Å². The Bertz CT molecular complexity index is 398. The molecule has 1 N–H and O–H groups in total. The summed E-state index contributed by atoms with van der Waals surface area (Å²) in [4.78, 5) is 0. The van der Waals surface area contributed by atoms with Crippen LogP contribution >= 0.6 is 0 Å². The molecule has 2 atom stereocenters. The third kappa shape index (κ3) is 4.05. The monoisotopic (exact) mass is 262 g/mol. The van der Waals surface area contributed by atoms with Crippen LogP contribution in [-0.2, 0) is 11.2 Å². The molecule has 0 amide bonds. The molecule has 1 aromatic carbocycles. The van der Waals surface area contributed by atoms with Crippen molar-refractivity contribution in [2.24, 2.45) is 0 Å². The first kappa shape index (κ1) is 14.5. The van der Waals surface area contributed by atoms with Gasteiger partial charge in [0.1, 0.15) is 0 Å². The topological polar surface area (TPSA) is 29.5 Å². The van der Waals surface area contributed by atoms with Crippen molar-refractivity contribution in [3.05, 3.63) is 35.4 Å². The first-order valence-electron chi connectivity index (χ1n) is 7.54. The van der Waals surface area contributed by atoms with Crippen molar-refractivity contribution in [2.45, 2.75) is 64.1 Å². The van der Waals surface area contributed by atoms with E-state index in [0.29, 0.717) is 6.42 Å². The third-order valence-electron chi connectivity index (χ3n) is 4.04. The first-order valence-corrected chi connectivity index (χ1v) is 7.54. The van der Waals surface area contributed by atoms with Crippen molar-refractivity contribution in [3.8, 4) is 0 Å². The molecule has 1 heterocycles. The highest BCUT2D eigenvalue weighted by Gasteiger charge is 2.29. The van der Waals surface area contributed by atoms with Crippen LogP contribution in [-0.4, -0.2) is 17.3 Å². The minimum Gasteiger partial charge on any atom is -0.390 e. The Balaban J connectivity index is 1.99. The number of fused-ring (bicyclic) bond motifs is 1. The molecule has 0 radical (unpaired) electrons. The van der Waals surface area contributed by atoms with Gasteiger partial charge >= 0.3 is 0 Å². The summed E-state index contributed by atoms with van der Waals surface area (Å²) in [6.07, 6.45) is 6.09. The van der Waals surface area contributed by atoms with E-state index in [9.17, 15) is 5.11 Å². The molecule has 106 valence electrons. The lowest BCUT2D eigenvalue weighted by atomic mass is 9.86. The van der Waals surface area contributed by atoms with Gasteiger partial charge in [0, 0.05) is 6.42 Å². The van der Waals surface area contributed by atoms with Crippen LogP contribution in [0.15, 0.2) is 24.3 Å². The fourth-order valence-corrected chi connectivity index (χ4v) is 2.90. The van der Waals surface area contributed by atoms with Gasteiger partial charge in [0.05, 0.1) is 18.3 Å². The minimum absolute atomic E-state index is 0.0570. The number of ether oxygens (including phenoxy) is 1. The molecule has 2 unspecified atom stereocenters. The Morgan fingerprint density at radius 2 is 2.11 bits per heavy atom. The normalized spacial score (nSPS) is 21.7. The molecule has 19 heavy (non-hydrogen) atoms. The average molecular weight is 262 g/mol. The molecule has 0 bridgehead atoms. The van der Waals surface area contributed by atoms with Crippen LogP contribution in [0.1, 0.15) is 63.2 Å². The van der Waals surface area contributed by atoms with Crippen LogP contribution in [0.25, 0.3) is 0 Å². The van der Waals surface area contributed by atoms with Crippen LogP contribution in [0.5, 0.6) is 0 Å². The molecule has 0 aliphatic carbocycles. The van der Waals surface area contributed by atoms with E-state index < -0.39 is 5.60 Å². The number of benzene rings is 1. The molecule has 0 fully saturated rings. The standard InChI is InChI=1S/C17H26O2/c1-3-4-7-11-17(2,18)13-16-15-9-6-5-8-14(15)10-12-19-16/h5-6,8-9,16,18H,3-4,7,10-13H2,1-2H3. The van der Waals surface area contributed by atoms with Gasteiger partial charge in [-0.05, 0) is 30.9 Å². The molecule has 2 rings (SSSR count).